The SMILES string of the molecule is CSCC[C@H](NC(=O)[C@H](CC(C)C)NC(=O)[C@@H](N)CCC(=O)O)C(=O)N[C@@H](CC(=O)O)C(=O)N[C@@H](Cc1ccc(O)cc1)C(=O)O. The number of carboxylic acid groups (broad SMARTS) is 3. The Kier molecular flexibility index (Phi) is 17.1. The van der Waals surface area contributed by atoms with Crippen LogP contribution in [0.1, 0.15) is 51.5 Å². The van der Waals surface area contributed by atoms with Crippen molar-refractivity contribution in [3.63, 3.8) is 0 Å². The van der Waals surface area contributed by atoms with Gasteiger partial charge < -0.3 is 47.4 Å². The second-order valence-corrected chi connectivity index (χ2v) is 12.0. The molecular formula is C29H43N5O11S. The molecule has 16 nitrogen and oxygen atoms in total. The van der Waals surface area contributed by atoms with E-state index in [2.05, 4.69) is 21.3 Å². The monoisotopic (exact) mass is 669 g/mol. The van der Waals surface area contributed by atoms with Gasteiger partial charge in [0, 0.05) is 12.8 Å². The summed E-state index contributed by atoms with van der Waals surface area (Å²) in [6, 6.07) is -1.27. The molecule has 0 spiro atoms. The van der Waals surface area contributed by atoms with Crippen molar-refractivity contribution in [2.45, 2.75) is 82.6 Å². The Morgan fingerprint density at radius 3 is 1.78 bits per heavy atom. The maximum Gasteiger partial charge on any atom is 0.326 e. The van der Waals surface area contributed by atoms with Crippen LogP contribution in [0.25, 0.3) is 0 Å². The molecule has 0 saturated heterocycles. The van der Waals surface area contributed by atoms with Gasteiger partial charge in [0.2, 0.25) is 23.6 Å². The number of rotatable bonds is 21. The van der Waals surface area contributed by atoms with E-state index in [9.17, 15) is 48.9 Å². The van der Waals surface area contributed by atoms with Crippen molar-refractivity contribution < 1.29 is 54.0 Å². The minimum Gasteiger partial charge on any atom is -0.508 e. The summed E-state index contributed by atoms with van der Waals surface area (Å²) in [6.07, 6.45) is 0.318. The van der Waals surface area contributed by atoms with Gasteiger partial charge in [-0.05, 0) is 54.9 Å². The van der Waals surface area contributed by atoms with Crippen LogP contribution in [0.5, 0.6) is 5.75 Å². The third kappa shape index (κ3) is 15.1. The Morgan fingerprint density at radius 2 is 1.26 bits per heavy atom. The lowest BCUT2D eigenvalue weighted by molar-refractivity contribution is -0.143. The molecule has 0 bridgehead atoms. The van der Waals surface area contributed by atoms with E-state index in [1.54, 1.807) is 20.1 Å². The van der Waals surface area contributed by atoms with Crippen LogP contribution in [-0.2, 0) is 40.0 Å². The molecule has 0 aliphatic carbocycles. The highest BCUT2D eigenvalue weighted by atomic mass is 32.2. The molecule has 17 heteroatoms. The van der Waals surface area contributed by atoms with Crippen molar-refractivity contribution in [1.82, 2.24) is 21.3 Å². The molecule has 0 heterocycles. The van der Waals surface area contributed by atoms with E-state index in [1.807, 2.05) is 0 Å². The van der Waals surface area contributed by atoms with Gasteiger partial charge in [0.1, 0.15) is 29.9 Å². The summed E-state index contributed by atoms with van der Waals surface area (Å²) in [6.45, 7) is 3.58. The second kappa shape index (κ2) is 19.9. The largest absolute Gasteiger partial charge is 0.508 e. The molecule has 0 fully saturated rings. The van der Waals surface area contributed by atoms with E-state index >= 15 is 0 Å². The van der Waals surface area contributed by atoms with Gasteiger partial charge in [-0.3, -0.25) is 28.8 Å². The zero-order valence-electron chi connectivity index (χ0n) is 25.9. The summed E-state index contributed by atoms with van der Waals surface area (Å²) >= 11 is 1.35. The molecule has 0 aliphatic rings. The number of carboxylic acids is 3. The maximum atomic E-state index is 13.3. The van der Waals surface area contributed by atoms with Crippen LogP contribution < -0.4 is 27.0 Å². The van der Waals surface area contributed by atoms with Crippen molar-refractivity contribution >= 4 is 53.3 Å². The molecule has 46 heavy (non-hydrogen) atoms. The number of phenols is 1. The molecular weight excluding hydrogens is 626 g/mol. The standard InChI is InChI=1S/C29H43N5O11S/c1-15(2)12-20(32-25(40)18(30)8-9-23(36)37)27(42)31-19(10-11-46-3)26(41)33-21(14-24(38)39)28(43)34-22(29(44)45)13-16-4-6-17(35)7-5-16/h4-7,15,18-22,35H,8-14,30H2,1-3H3,(H,31,42)(H,32,40)(H,33,41)(H,34,43)(H,36,37)(H,38,39)(H,44,45)/t18-,19-,20-,21-,22-/m0/s1. The first-order valence-electron chi connectivity index (χ1n) is 14.4. The molecule has 0 radical (unpaired) electrons. The third-order valence-corrected chi connectivity index (χ3v) is 7.24. The molecule has 1 aromatic rings. The molecule has 256 valence electrons. The Bertz CT molecular complexity index is 1230. The number of thioether (sulfide) groups is 1. The number of carbonyl (C=O) groups excluding carboxylic acids is 4. The summed E-state index contributed by atoms with van der Waals surface area (Å²) in [5, 5.41) is 46.9. The lowest BCUT2D eigenvalue weighted by atomic mass is 10.0. The van der Waals surface area contributed by atoms with Gasteiger partial charge in [-0.15, -0.1) is 0 Å². The van der Waals surface area contributed by atoms with Crippen LogP contribution in [0.15, 0.2) is 24.3 Å². The van der Waals surface area contributed by atoms with Crippen LogP contribution in [0.2, 0.25) is 0 Å². The quantitative estimate of drug-likeness (QED) is 0.0794. The minimum absolute atomic E-state index is 0.0516. The van der Waals surface area contributed by atoms with Gasteiger partial charge in [-0.1, -0.05) is 26.0 Å². The molecule has 10 N–H and O–H groups in total. The topological polar surface area (TPSA) is 275 Å². The average molecular weight is 670 g/mol. The number of benzene rings is 1. The fourth-order valence-electron chi connectivity index (χ4n) is 4.16. The first kappa shape index (κ1) is 39.6. The van der Waals surface area contributed by atoms with Gasteiger partial charge in [0.15, 0.2) is 0 Å². The van der Waals surface area contributed by atoms with Gasteiger partial charge >= 0.3 is 17.9 Å². The van der Waals surface area contributed by atoms with Gasteiger partial charge in [0.05, 0.1) is 12.5 Å². The Labute approximate surface area is 270 Å². The molecule has 0 aliphatic heterocycles. The predicted octanol–water partition coefficient (Wildman–Crippen LogP) is -0.575. The third-order valence-electron chi connectivity index (χ3n) is 6.59. The number of hydrogen-bond acceptors (Lipinski definition) is 10. The number of phenolic OH excluding ortho intramolecular Hbond substituents is 1. The Hall–Kier alpha value is -4.38. The van der Waals surface area contributed by atoms with Crippen molar-refractivity contribution in [3.05, 3.63) is 29.8 Å². The summed E-state index contributed by atoms with van der Waals surface area (Å²) in [5.41, 5.74) is 6.23. The highest BCUT2D eigenvalue weighted by molar-refractivity contribution is 7.98. The van der Waals surface area contributed by atoms with Crippen LogP contribution in [0.3, 0.4) is 0 Å². The van der Waals surface area contributed by atoms with Crippen LogP contribution in [0.4, 0.5) is 0 Å². The lowest BCUT2D eigenvalue weighted by Gasteiger charge is -2.26. The highest BCUT2D eigenvalue weighted by Crippen LogP contribution is 2.12. The first-order valence-corrected chi connectivity index (χ1v) is 15.8. The van der Waals surface area contributed by atoms with Crippen LogP contribution in [0, 0.1) is 5.92 Å². The number of aliphatic carboxylic acids is 3. The van der Waals surface area contributed by atoms with Gasteiger partial charge in [-0.2, -0.15) is 11.8 Å². The van der Waals surface area contributed by atoms with E-state index in [-0.39, 0.29) is 43.8 Å². The Balaban J connectivity index is 3.12. The summed E-state index contributed by atoms with van der Waals surface area (Å²) < 4.78 is 0. The molecule has 1 rings (SSSR count). The average Bonchev–Trinajstić information content (AvgIpc) is 2.97. The van der Waals surface area contributed by atoms with Crippen LogP contribution in [-0.4, -0.2) is 104 Å². The number of hydrogen-bond donors (Lipinski definition) is 9. The number of carbonyl (C=O) groups is 7. The van der Waals surface area contributed by atoms with E-state index in [0.29, 0.717) is 11.3 Å². The molecule has 0 aromatic heterocycles. The van der Waals surface area contributed by atoms with Crippen molar-refractivity contribution in [3.8, 4) is 5.75 Å². The Morgan fingerprint density at radius 1 is 0.739 bits per heavy atom. The molecule has 0 unspecified atom stereocenters. The number of nitrogens with one attached hydrogen (secondary N) is 4. The van der Waals surface area contributed by atoms with Crippen LogP contribution >= 0.6 is 11.8 Å². The lowest BCUT2D eigenvalue weighted by Crippen LogP contribution is -2.59. The summed E-state index contributed by atoms with van der Waals surface area (Å²) in [4.78, 5) is 86.5. The van der Waals surface area contributed by atoms with Gasteiger partial charge in [0.25, 0.3) is 0 Å². The second-order valence-electron chi connectivity index (χ2n) is 11.0. The fraction of sp³-hybridized carbons (Fsp3) is 0.552. The number of amides is 4. The molecule has 0 saturated carbocycles. The summed E-state index contributed by atoms with van der Waals surface area (Å²) in [5.74, 6) is -7.34. The van der Waals surface area contributed by atoms with Crippen molar-refractivity contribution in [2.75, 3.05) is 12.0 Å². The smallest absolute Gasteiger partial charge is 0.326 e. The van der Waals surface area contributed by atoms with E-state index in [0.717, 1.165) is 0 Å². The highest BCUT2D eigenvalue weighted by Gasteiger charge is 2.33. The fourth-order valence-corrected chi connectivity index (χ4v) is 4.64. The number of nitrogens with two attached hydrogens (primary N) is 1. The minimum atomic E-state index is -1.71. The normalized spacial score (nSPS) is 14.2. The number of aromatic hydroxyl groups is 1. The molecule has 5 atom stereocenters. The van der Waals surface area contributed by atoms with E-state index in [4.69, 9.17) is 10.8 Å². The van der Waals surface area contributed by atoms with Crippen molar-refractivity contribution in [1.29, 1.82) is 0 Å². The first-order chi connectivity index (χ1) is 21.5. The molecule has 4 amide bonds. The predicted molar refractivity (Wildman–Crippen MR) is 167 cm³/mol. The zero-order chi connectivity index (χ0) is 35.0. The van der Waals surface area contributed by atoms with Gasteiger partial charge in [-0.25, -0.2) is 4.79 Å². The molecule has 1 aromatic carbocycles. The van der Waals surface area contributed by atoms with E-state index in [1.165, 1.54) is 36.0 Å². The zero-order valence-corrected chi connectivity index (χ0v) is 26.7. The van der Waals surface area contributed by atoms with E-state index < -0.39 is 78.2 Å². The summed E-state index contributed by atoms with van der Waals surface area (Å²) in [7, 11) is 0. The maximum absolute atomic E-state index is 13.3. The van der Waals surface area contributed by atoms with Crippen molar-refractivity contribution in [2.24, 2.45) is 11.7 Å².